The standard InChI is InChI=1S/C18H26FNO3/c1-18(2,3)23-11-5-6-14-13-9-15(22-4)17(21)16(19)12(13)7-8-20(14)10-11/h9,11,14,21H,5-8,10H2,1-4H3. The molecule has 4 nitrogen and oxygen atoms in total. The maximum atomic E-state index is 14.4. The van der Waals surface area contributed by atoms with Gasteiger partial charge in [0.25, 0.3) is 0 Å². The van der Waals surface area contributed by atoms with E-state index in [1.807, 2.05) is 0 Å². The van der Waals surface area contributed by atoms with E-state index in [1.165, 1.54) is 7.11 Å². The lowest BCUT2D eigenvalue weighted by Crippen LogP contribution is -2.47. The highest BCUT2D eigenvalue weighted by atomic mass is 19.1. The molecule has 1 saturated heterocycles. The number of ether oxygens (including phenoxy) is 2. The Labute approximate surface area is 137 Å². The van der Waals surface area contributed by atoms with Crippen molar-refractivity contribution in [3.05, 3.63) is 23.0 Å². The van der Waals surface area contributed by atoms with Crippen molar-refractivity contribution in [2.75, 3.05) is 20.2 Å². The van der Waals surface area contributed by atoms with E-state index in [2.05, 4.69) is 25.7 Å². The van der Waals surface area contributed by atoms with Crippen LogP contribution < -0.4 is 4.74 Å². The number of hydrogen-bond donors (Lipinski definition) is 1. The highest BCUT2D eigenvalue weighted by Gasteiger charge is 2.37. The van der Waals surface area contributed by atoms with Crippen LogP contribution in [0.1, 0.15) is 50.8 Å². The van der Waals surface area contributed by atoms with E-state index in [4.69, 9.17) is 9.47 Å². The van der Waals surface area contributed by atoms with Crippen molar-refractivity contribution >= 4 is 0 Å². The van der Waals surface area contributed by atoms with Crippen LogP contribution in [-0.4, -0.2) is 41.9 Å². The summed E-state index contributed by atoms with van der Waals surface area (Å²) in [6, 6.07) is 1.98. The van der Waals surface area contributed by atoms with Gasteiger partial charge in [0.2, 0.25) is 0 Å². The molecule has 3 rings (SSSR count). The maximum Gasteiger partial charge on any atom is 0.194 e. The van der Waals surface area contributed by atoms with E-state index in [-0.39, 0.29) is 29.2 Å². The van der Waals surface area contributed by atoms with Crippen LogP contribution in [0.4, 0.5) is 4.39 Å². The molecule has 0 spiro atoms. The van der Waals surface area contributed by atoms with Crippen molar-refractivity contribution < 1.29 is 19.0 Å². The summed E-state index contributed by atoms with van der Waals surface area (Å²) >= 11 is 0. The number of hydrogen-bond acceptors (Lipinski definition) is 4. The number of phenols is 1. The first-order valence-corrected chi connectivity index (χ1v) is 8.30. The molecule has 1 aromatic carbocycles. The van der Waals surface area contributed by atoms with Gasteiger partial charge >= 0.3 is 0 Å². The molecule has 2 aliphatic rings. The zero-order chi connectivity index (χ0) is 16.8. The Bertz CT molecular complexity index is 597. The lowest BCUT2D eigenvalue weighted by molar-refractivity contribution is -0.0972. The van der Waals surface area contributed by atoms with Crippen LogP contribution in [0.2, 0.25) is 0 Å². The van der Waals surface area contributed by atoms with E-state index >= 15 is 0 Å². The SMILES string of the molecule is COc1cc2c(c(F)c1O)CCN1CC(OC(C)(C)C)CCC21. The number of halogens is 1. The predicted octanol–water partition coefficient (Wildman–Crippen LogP) is 3.42. The van der Waals surface area contributed by atoms with Gasteiger partial charge in [0.15, 0.2) is 17.3 Å². The maximum absolute atomic E-state index is 14.4. The average molecular weight is 323 g/mol. The number of piperidine rings is 1. The lowest BCUT2D eigenvalue weighted by Gasteiger charge is -2.44. The molecule has 1 fully saturated rings. The van der Waals surface area contributed by atoms with Crippen LogP contribution in [0.15, 0.2) is 6.07 Å². The van der Waals surface area contributed by atoms with E-state index in [9.17, 15) is 9.50 Å². The highest BCUT2D eigenvalue weighted by Crippen LogP contribution is 2.43. The minimum Gasteiger partial charge on any atom is -0.502 e. The van der Waals surface area contributed by atoms with Crippen LogP contribution in [0.25, 0.3) is 0 Å². The molecular weight excluding hydrogens is 297 g/mol. The molecule has 0 aromatic heterocycles. The van der Waals surface area contributed by atoms with Crippen molar-refractivity contribution in [1.82, 2.24) is 4.90 Å². The fraction of sp³-hybridized carbons (Fsp3) is 0.667. The van der Waals surface area contributed by atoms with Crippen LogP contribution in [0, 0.1) is 5.82 Å². The third-order valence-corrected chi connectivity index (χ3v) is 4.73. The van der Waals surface area contributed by atoms with Gasteiger partial charge in [-0.3, -0.25) is 4.90 Å². The molecule has 2 heterocycles. The summed E-state index contributed by atoms with van der Waals surface area (Å²) in [5.41, 5.74) is 1.45. The van der Waals surface area contributed by atoms with Crippen molar-refractivity contribution in [3.8, 4) is 11.5 Å². The quantitative estimate of drug-likeness (QED) is 0.905. The number of nitrogens with zero attached hydrogens (tertiary/aromatic N) is 1. The zero-order valence-corrected chi connectivity index (χ0v) is 14.4. The Hall–Kier alpha value is -1.33. The second-order valence-corrected chi connectivity index (χ2v) is 7.50. The molecule has 128 valence electrons. The molecule has 1 N–H and O–H groups in total. The van der Waals surface area contributed by atoms with Gasteiger partial charge in [-0.1, -0.05) is 0 Å². The van der Waals surface area contributed by atoms with E-state index in [0.29, 0.717) is 12.0 Å². The Kier molecular flexibility index (Phi) is 4.27. The summed E-state index contributed by atoms with van der Waals surface area (Å²) in [6.07, 6.45) is 2.72. The highest BCUT2D eigenvalue weighted by molar-refractivity contribution is 5.50. The summed E-state index contributed by atoms with van der Waals surface area (Å²) in [4.78, 5) is 2.37. The first-order chi connectivity index (χ1) is 10.8. The molecule has 0 radical (unpaired) electrons. The van der Waals surface area contributed by atoms with Gasteiger partial charge in [0, 0.05) is 19.1 Å². The van der Waals surface area contributed by atoms with Gasteiger partial charge in [-0.15, -0.1) is 0 Å². The summed E-state index contributed by atoms with van der Waals surface area (Å²) in [7, 11) is 1.45. The van der Waals surface area contributed by atoms with Gasteiger partial charge in [0.1, 0.15) is 0 Å². The van der Waals surface area contributed by atoms with Crippen LogP contribution in [0.3, 0.4) is 0 Å². The van der Waals surface area contributed by atoms with E-state index < -0.39 is 5.82 Å². The van der Waals surface area contributed by atoms with Crippen LogP contribution in [0.5, 0.6) is 11.5 Å². The summed E-state index contributed by atoms with van der Waals surface area (Å²) in [5.74, 6) is -0.673. The Morgan fingerprint density at radius 2 is 2.04 bits per heavy atom. The van der Waals surface area contributed by atoms with Gasteiger partial charge in [-0.2, -0.15) is 0 Å². The average Bonchev–Trinajstić information content (AvgIpc) is 2.48. The fourth-order valence-electron chi connectivity index (χ4n) is 3.84. The first kappa shape index (κ1) is 16.5. The number of methoxy groups -OCH3 is 1. The van der Waals surface area contributed by atoms with E-state index in [1.54, 1.807) is 6.07 Å². The van der Waals surface area contributed by atoms with Gasteiger partial charge in [-0.05, 0) is 57.2 Å². The molecule has 1 aromatic rings. The summed E-state index contributed by atoms with van der Waals surface area (Å²) in [5, 5.41) is 9.89. The molecule has 0 bridgehead atoms. The minimum atomic E-state index is -0.521. The number of rotatable bonds is 2. The topological polar surface area (TPSA) is 41.9 Å². The first-order valence-electron chi connectivity index (χ1n) is 8.30. The van der Waals surface area contributed by atoms with Crippen molar-refractivity contribution in [3.63, 3.8) is 0 Å². The van der Waals surface area contributed by atoms with Crippen molar-refractivity contribution in [1.29, 1.82) is 0 Å². The van der Waals surface area contributed by atoms with Crippen molar-refractivity contribution in [2.24, 2.45) is 0 Å². The van der Waals surface area contributed by atoms with Crippen molar-refractivity contribution in [2.45, 2.75) is 57.8 Å². The Morgan fingerprint density at radius 1 is 1.30 bits per heavy atom. The molecule has 23 heavy (non-hydrogen) atoms. The predicted molar refractivity (Wildman–Crippen MR) is 86.5 cm³/mol. The molecular formula is C18H26FNO3. The zero-order valence-electron chi connectivity index (χ0n) is 14.4. The smallest absolute Gasteiger partial charge is 0.194 e. The molecule has 0 amide bonds. The minimum absolute atomic E-state index is 0.147. The molecule has 0 saturated carbocycles. The number of fused-ring (bicyclic) bond motifs is 3. The fourth-order valence-corrected chi connectivity index (χ4v) is 3.84. The van der Waals surface area contributed by atoms with Crippen LogP contribution in [-0.2, 0) is 11.2 Å². The molecule has 2 atom stereocenters. The summed E-state index contributed by atoms with van der Waals surface area (Å²) < 4.78 is 25.7. The van der Waals surface area contributed by atoms with Gasteiger partial charge in [0.05, 0.1) is 18.8 Å². The lowest BCUT2D eigenvalue weighted by atomic mass is 9.85. The number of aromatic hydroxyl groups is 1. The molecule has 0 aliphatic carbocycles. The third-order valence-electron chi connectivity index (χ3n) is 4.73. The van der Waals surface area contributed by atoms with Crippen LogP contribution >= 0.6 is 0 Å². The second-order valence-electron chi connectivity index (χ2n) is 7.50. The number of phenolic OH excluding ortho intramolecular Hbond substituents is 1. The number of benzene rings is 1. The normalized spacial score (nSPS) is 24.9. The second kappa shape index (κ2) is 5.95. The third kappa shape index (κ3) is 3.17. The molecule has 2 aliphatic heterocycles. The monoisotopic (exact) mass is 323 g/mol. The Balaban J connectivity index is 1.85. The van der Waals surface area contributed by atoms with Gasteiger partial charge < -0.3 is 14.6 Å². The molecule has 5 heteroatoms. The molecule has 2 unspecified atom stereocenters. The Morgan fingerprint density at radius 3 is 2.70 bits per heavy atom. The van der Waals surface area contributed by atoms with E-state index in [0.717, 1.165) is 31.5 Å². The summed E-state index contributed by atoms with van der Waals surface area (Å²) in [6.45, 7) is 7.89. The largest absolute Gasteiger partial charge is 0.502 e. The van der Waals surface area contributed by atoms with Gasteiger partial charge in [-0.25, -0.2) is 4.39 Å².